The first kappa shape index (κ1) is 18.2. The first-order valence-electron chi connectivity index (χ1n) is 8.53. The quantitative estimate of drug-likeness (QED) is 0.671. The van der Waals surface area contributed by atoms with Gasteiger partial charge < -0.3 is 14.5 Å². The van der Waals surface area contributed by atoms with Gasteiger partial charge in [0.25, 0.3) is 0 Å². The van der Waals surface area contributed by atoms with E-state index in [1.54, 1.807) is 4.90 Å². The number of ether oxygens (including phenoxy) is 1. The van der Waals surface area contributed by atoms with E-state index < -0.39 is 0 Å². The Kier molecular flexibility index (Phi) is 6.80. The smallest absolute Gasteiger partial charge is 0.236 e. The highest BCUT2D eigenvalue weighted by Crippen LogP contribution is 2.05. The molecule has 2 fully saturated rings. The van der Waals surface area contributed by atoms with Gasteiger partial charge in [-0.2, -0.15) is 0 Å². The minimum absolute atomic E-state index is 0.165. The molecule has 0 spiro atoms. The zero-order valence-electron chi connectivity index (χ0n) is 14.7. The summed E-state index contributed by atoms with van der Waals surface area (Å²) >= 11 is 0. The summed E-state index contributed by atoms with van der Waals surface area (Å²) in [5.41, 5.74) is 0. The molecule has 0 unspecified atom stereocenters. The van der Waals surface area contributed by atoms with Crippen LogP contribution >= 0.6 is 0 Å². The van der Waals surface area contributed by atoms with Gasteiger partial charge in [-0.1, -0.05) is 0 Å². The summed E-state index contributed by atoms with van der Waals surface area (Å²) in [6.45, 7) is 11.1. The van der Waals surface area contributed by atoms with Gasteiger partial charge in [-0.3, -0.25) is 19.4 Å². The molecule has 0 aromatic heterocycles. The lowest BCUT2D eigenvalue weighted by Crippen LogP contribution is -2.53. The topological polar surface area (TPSA) is 56.3 Å². The van der Waals surface area contributed by atoms with Crippen molar-refractivity contribution in [3.8, 4) is 0 Å². The van der Waals surface area contributed by atoms with E-state index in [1.165, 1.54) is 0 Å². The van der Waals surface area contributed by atoms with Crippen molar-refractivity contribution in [3.05, 3.63) is 0 Å². The molecule has 2 amide bonds. The number of morpholine rings is 1. The van der Waals surface area contributed by atoms with E-state index in [-0.39, 0.29) is 17.9 Å². The Morgan fingerprint density at radius 2 is 1.48 bits per heavy atom. The number of carbonyl (C=O) groups is 2. The third kappa shape index (κ3) is 5.44. The van der Waals surface area contributed by atoms with Gasteiger partial charge in [0.15, 0.2) is 0 Å². The molecule has 0 radical (unpaired) electrons. The molecular formula is C16H30N4O3. The highest BCUT2D eigenvalue weighted by molar-refractivity contribution is 5.79. The molecule has 132 valence electrons. The molecule has 2 aliphatic heterocycles. The van der Waals surface area contributed by atoms with E-state index in [2.05, 4.69) is 9.80 Å². The molecule has 0 N–H and O–H groups in total. The van der Waals surface area contributed by atoms with Gasteiger partial charge in [0.05, 0.1) is 26.3 Å². The van der Waals surface area contributed by atoms with E-state index in [0.29, 0.717) is 39.4 Å². The number of nitrogens with zero attached hydrogens (tertiary/aromatic N) is 4. The maximum absolute atomic E-state index is 12.2. The second-order valence-electron chi connectivity index (χ2n) is 6.64. The first-order chi connectivity index (χ1) is 11.0. The zero-order chi connectivity index (χ0) is 16.8. The van der Waals surface area contributed by atoms with Gasteiger partial charge in [0.2, 0.25) is 11.8 Å². The fourth-order valence-electron chi connectivity index (χ4n) is 2.80. The molecule has 2 aliphatic rings. The van der Waals surface area contributed by atoms with Gasteiger partial charge in [-0.15, -0.1) is 0 Å². The molecular weight excluding hydrogens is 296 g/mol. The molecule has 0 bridgehead atoms. The predicted octanol–water partition coefficient (Wildman–Crippen LogP) is -0.670. The van der Waals surface area contributed by atoms with Crippen LogP contribution in [0.5, 0.6) is 0 Å². The van der Waals surface area contributed by atoms with Crippen molar-refractivity contribution >= 4 is 11.8 Å². The second-order valence-corrected chi connectivity index (χ2v) is 6.64. The Hall–Kier alpha value is -1.18. The Bertz CT molecular complexity index is 402. The number of amides is 2. The molecule has 7 nitrogen and oxygen atoms in total. The Morgan fingerprint density at radius 1 is 0.957 bits per heavy atom. The summed E-state index contributed by atoms with van der Waals surface area (Å²) in [7, 11) is 1.85. The molecule has 2 saturated heterocycles. The van der Waals surface area contributed by atoms with Crippen LogP contribution in [0.3, 0.4) is 0 Å². The van der Waals surface area contributed by atoms with Gasteiger partial charge in [-0.05, 0) is 13.8 Å². The van der Waals surface area contributed by atoms with Gasteiger partial charge in [-0.25, -0.2) is 0 Å². The number of hydrogen-bond donors (Lipinski definition) is 0. The third-order valence-electron chi connectivity index (χ3n) is 4.71. The SMILES string of the molecule is CC(C)N(C)C(=O)CN1CCN(CC(=O)N2CCOCC2)CC1. The largest absolute Gasteiger partial charge is 0.378 e. The molecule has 23 heavy (non-hydrogen) atoms. The van der Waals surface area contributed by atoms with Crippen LogP contribution in [0.2, 0.25) is 0 Å². The zero-order valence-corrected chi connectivity index (χ0v) is 14.7. The van der Waals surface area contributed by atoms with Crippen LogP contribution in [0.1, 0.15) is 13.8 Å². The first-order valence-corrected chi connectivity index (χ1v) is 8.53. The van der Waals surface area contributed by atoms with E-state index in [0.717, 1.165) is 26.2 Å². The standard InChI is InChI=1S/C16H30N4O3/c1-14(2)17(3)15(21)12-18-4-6-19(7-5-18)13-16(22)20-8-10-23-11-9-20/h14H,4-13H2,1-3H3. The second kappa shape index (κ2) is 8.61. The van der Waals surface area contributed by atoms with Crippen molar-refractivity contribution < 1.29 is 14.3 Å². The number of hydrogen-bond acceptors (Lipinski definition) is 5. The van der Waals surface area contributed by atoms with Gasteiger partial charge >= 0.3 is 0 Å². The van der Waals surface area contributed by atoms with Crippen LogP contribution in [0.4, 0.5) is 0 Å². The van der Waals surface area contributed by atoms with Crippen molar-refractivity contribution in [2.24, 2.45) is 0 Å². The van der Waals surface area contributed by atoms with Crippen molar-refractivity contribution in [3.63, 3.8) is 0 Å². The van der Waals surface area contributed by atoms with Crippen molar-refractivity contribution in [1.82, 2.24) is 19.6 Å². The van der Waals surface area contributed by atoms with Crippen LogP contribution in [0.15, 0.2) is 0 Å². The highest BCUT2D eigenvalue weighted by Gasteiger charge is 2.24. The fourth-order valence-corrected chi connectivity index (χ4v) is 2.80. The van der Waals surface area contributed by atoms with E-state index >= 15 is 0 Å². The van der Waals surface area contributed by atoms with Crippen molar-refractivity contribution in [2.45, 2.75) is 19.9 Å². The normalized spacial score (nSPS) is 20.8. The molecule has 0 aromatic carbocycles. The summed E-state index contributed by atoms with van der Waals surface area (Å²) in [4.78, 5) is 32.4. The minimum atomic E-state index is 0.165. The molecule has 0 aliphatic carbocycles. The predicted molar refractivity (Wildman–Crippen MR) is 88.2 cm³/mol. The molecule has 2 rings (SSSR count). The Balaban J connectivity index is 1.69. The summed E-state index contributed by atoms with van der Waals surface area (Å²) < 4.78 is 5.28. The lowest BCUT2D eigenvalue weighted by atomic mass is 10.2. The Morgan fingerprint density at radius 3 is 2.00 bits per heavy atom. The minimum Gasteiger partial charge on any atom is -0.378 e. The van der Waals surface area contributed by atoms with E-state index in [4.69, 9.17) is 4.74 Å². The summed E-state index contributed by atoms with van der Waals surface area (Å²) in [6.07, 6.45) is 0. The number of carbonyl (C=O) groups excluding carboxylic acids is 2. The highest BCUT2D eigenvalue weighted by atomic mass is 16.5. The lowest BCUT2D eigenvalue weighted by Gasteiger charge is -2.36. The Labute approximate surface area is 139 Å². The van der Waals surface area contributed by atoms with Crippen LogP contribution in [-0.2, 0) is 14.3 Å². The summed E-state index contributed by atoms with van der Waals surface area (Å²) in [6, 6.07) is 0.231. The number of piperazine rings is 1. The number of rotatable bonds is 5. The maximum atomic E-state index is 12.2. The van der Waals surface area contributed by atoms with Crippen LogP contribution in [0.25, 0.3) is 0 Å². The molecule has 0 aromatic rings. The van der Waals surface area contributed by atoms with E-state index in [9.17, 15) is 9.59 Å². The molecule has 0 saturated carbocycles. The monoisotopic (exact) mass is 326 g/mol. The summed E-state index contributed by atoms with van der Waals surface area (Å²) in [5, 5.41) is 0. The maximum Gasteiger partial charge on any atom is 0.236 e. The van der Waals surface area contributed by atoms with Crippen LogP contribution in [-0.4, -0.2) is 110 Å². The van der Waals surface area contributed by atoms with Crippen LogP contribution < -0.4 is 0 Å². The lowest BCUT2D eigenvalue weighted by molar-refractivity contribution is -0.138. The molecule has 2 heterocycles. The molecule has 7 heteroatoms. The number of likely N-dealkylation sites (N-methyl/N-ethyl adjacent to an activating group) is 1. The van der Waals surface area contributed by atoms with Gasteiger partial charge in [0.1, 0.15) is 0 Å². The third-order valence-corrected chi connectivity index (χ3v) is 4.71. The van der Waals surface area contributed by atoms with Crippen molar-refractivity contribution in [2.75, 3.05) is 72.6 Å². The fraction of sp³-hybridized carbons (Fsp3) is 0.875. The molecule has 0 atom stereocenters. The van der Waals surface area contributed by atoms with Crippen LogP contribution in [0, 0.1) is 0 Å². The van der Waals surface area contributed by atoms with Gasteiger partial charge in [0, 0.05) is 52.4 Å². The van der Waals surface area contributed by atoms with E-state index in [1.807, 2.05) is 25.8 Å². The summed E-state index contributed by atoms with van der Waals surface area (Å²) in [5.74, 6) is 0.357. The average molecular weight is 326 g/mol. The average Bonchev–Trinajstić information content (AvgIpc) is 2.56. The van der Waals surface area contributed by atoms with Crippen molar-refractivity contribution in [1.29, 1.82) is 0 Å².